The summed E-state index contributed by atoms with van der Waals surface area (Å²) < 4.78 is 33.9. The van der Waals surface area contributed by atoms with Crippen molar-refractivity contribution in [1.82, 2.24) is 4.90 Å². The number of carbonyl (C=O) groups is 2. The molecule has 0 fully saturated rings. The molecule has 0 spiro atoms. The second-order valence-electron chi connectivity index (χ2n) is 6.03. The van der Waals surface area contributed by atoms with Crippen LogP contribution in [0.2, 0.25) is 0 Å². The number of ether oxygens (including phenoxy) is 2. The van der Waals surface area contributed by atoms with Gasteiger partial charge in [-0.15, -0.1) is 0 Å². The van der Waals surface area contributed by atoms with Crippen LogP contribution >= 0.6 is 0 Å². The van der Waals surface area contributed by atoms with Gasteiger partial charge in [0, 0.05) is 24.7 Å². The van der Waals surface area contributed by atoms with Crippen molar-refractivity contribution in [2.75, 3.05) is 14.2 Å². The summed E-state index contributed by atoms with van der Waals surface area (Å²) >= 11 is 0. The van der Waals surface area contributed by atoms with Gasteiger partial charge in [-0.1, -0.05) is 12.1 Å². The smallest absolute Gasteiger partial charge is 0.387 e. The maximum atomic E-state index is 12.5. The zero-order valence-electron chi connectivity index (χ0n) is 15.4. The fourth-order valence-corrected chi connectivity index (χ4v) is 2.57. The summed E-state index contributed by atoms with van der Waals surface area (Å²) in [7, 11) is 3.15. The SMILES string of the molecule is COc1ccc(C(C)=O)cc1CC(=O)N(C)Cc1ccc(OC(F)F)cc1. The number of carbonyl (C=O) groups excluding carboxylic acids is 2. The highest BCUT2D eigenvalue weighted by Crippen LogP contribution is 2.22. The minimum atomic E-state index is -2.87. The number of ketones is 1. The van der Waals surface area contributed by atoms with E-state index in [0.29, 0.717) is 23.4 Å². The van der Waals surface area contributed by atoms with E-state index in [2.05, 4.69) is 4.74 Å². The summed E-state index contributed by atoms with van der Waals surface area (Å²) in [6, 6.07) is 11.1. The van der Waals surface area contributed by atoms with E-state index in [1.165, 1.54) is 31.1 Å². The first-order chi connectivity index (χ1) is 12.8. The van der Waals surface area contributed by atoms with Gasteiger partial charge in [-0.05, 0) is 42.8 Å². The fraction of sp³-hybridized carbons (Fsp3) is 0.300. The Bertz CT molecular complexity index is 806. The van der Waals surface area contributed by atoms with Gasteiger partial charge in [-0.2, -0.15) is 8.78 Å². The molecular weight excluding hydrogens is 356 g/mol. The van der Waals surface area contributed by atoms with Crippen LogP contribution in [0, 0.1) is 0 Å². The average Bonchev–Trinajstić information content (AvgIpc) is 2.62. The first-order valence-corrected chi connectivity index (χ1v) is 8.25. The van der Waals surface area contributed by atoms with E-state index < -0.39 is 6.61 Å². The number of likely N-dealkylation sites (N-methyl/N-ethyl adjacent to an activating group) is 1. The number of benzene rings is 2. The Hall–Kier alpha value is -2.96. The molecule has 0 saturated heterocycles. The number of hydrogen-bond donors (Lipinski definition) is 0. The molecule has 144 valence electrons. The maximum absolute atomic E-state index is 12.5. The third kappa shape index (κ3) is 5.77. The molecule has 0 bridgehead atoms. The molecular formula is C20H21F2NO4. The van der Waals surface area contributed by atoms with Gasteiger partial charge >= 0.3 is 6.61 Å². The van der Waals surface area contributed by atoms with Gasteiger partial charge in [0.25, 0.3) is 0 Å². The van der Waals surface area contributed by atoms with Gasteiger partial charge in [0.15, 0.2) is 5.78 Å². The summed E-state index contributed by atoms with van der Waals surface area (Å²) in [5.41, 5.74) is 1.91. The van der Waals surface area contributed by atoms with Crippen LogP contribution in [-0.2, 0) is 17.8 Å². The molecule has 0 heterocycles. The van der Waals surface area contributed by atoms with Crippen molar-refractivity contribution in [3.05, 3.63) is 59.2 Å². The molecule has 0 radical (unpaired) electrons. The lowest BCUT2D eigenvalue weighted by Crippen LogP contribution is -2.28. The second-order valence-corrected chi connectivity index (χ2v) is 6.03. The van der Waals surface area contributed by atoms with E-state index in [4.69, 9.17) is 4.74 Å². The standard InChI is InChI=1S/C20H21F2NO4/c1-13(24)15-6-9-18(26-3)16(10-15)11-19(25)23(2)12-14-4-7-17(8-5-14)27-20(21)22/h4-10,20H,11-12H2,1-3H3. The van der Waals surface area contributed by atoms with Crippen molar-refractivity contribution in [2.45, 2.75) is 26.5 Å². The Balaban J connectivity index is 2.05. The predicted molar refractivity (Wildman–Crippen MR) is 96.3 cm³/mol. The third-order valence-electron chi connectivity index (χ3n) is 4.02. The summed E-state index contributed by atoms with van der Waals surface area (Å²) in [5.74, 6) is 0.344. The highest BCUT2D eigenvalue weighted by Gasteiger charge is 2.15. The van der Waals surface area contributed by atoms with Gasteiger partial charge in [0.05, 0.1) is 13.5 Å². The van der Waals surface area contributed by atoms with Crippen molar-refractivity contribution in [1.29, 1.82) is 0 Å². The van der Waals surface area contributed by atoms with E-state index in [0.717, 1.165) is 5.56 Å². The van der Waals surface area contributed by atoms with Crippen LogP contribution in [0.1, 0.15) is 28.4 Å². The summed E-state index contributed by atoms with van der Waals surface area (Å²) in [4.78, 5) is 25.6. The molecule has 5 nitrogen and oxygen atoms in total. The molecule has 0 atom stereocenters. The molecule has 0 unspecified atom stereocenters. The monoisotopic (exact) mass is 377 g/mol. The summed E-state index contributed by atoms with van der Waals surface area (Å²) in [6.45, 7) is -1.11. The number of nitrogens with zero attached hydrogens (tertiary/aromatic N) is 1. The molecule has 0 aliphatic carbocycles. The Labute approximate surface area is 156 Å². The minimum absolute atomic E-state index is 0.0634. The first-order valence-electron chi connectivity index (χ1n) is 8.25. The van der Waals surface area contributed by atoms with E-state index in [9.17, 15) is 18.4 Å². The van der Waals surface area contributed by atoms with E-state index in [-0.39, 0.29) is 23.9 Å². The quantitative estimate of drug-likeness (QED) is 0.659. The highest BCUT2D eigenvalue weighted by molar-refractivity contribution is 5.94. The normalized spacial score (nSPS) is 10.6. The molecule has 27 heavy (non-hydrogen) atoms. The summed E-state index contributed by atoms with van der Waals surface area (Å²) in [5, 5.41) is 0. The topological polar surface area (TPSA) is 55.8 Å². The number of halogens is 2. The second kappa shape index (κ2) is 9.12. The molecule has 0 aliphatic heterocycles. The fourth-order valence-electron chi connectivity index (χ4n) is 2.57. The molecule has 2 aromatic carbocycles. The van der Waals surface area contributed by atoms with Crippen LogP contribution in [0.4, 0.5) is 8.78 Å². The Morgan fingerprint density at radius 2 is 1.78 bits per heavy atom. The maximum Gasteiger partial charge on any atom is 0.387 e. The van der Waals surface area contributed by atoms with E-state index in [1.807, 2.05) is 0 Å². The van der Waals surface area contributed by atoms with Crippen LogP contribution in [0.3, 0.4) is 0 Å². The highest BCUT2D eigenvalue weighted by atomic mass is 19.3. The van der Waals surface area contributed by atoms with Crippen molar-refractivity contribution in [3.8, 4) is 11.5 Å². The number of alkyl halides is 2. The van der Waals surface area contributed by atoms with Crippen LogP contribution in [0.15, 0.2) is 42.5 Å². The van der Waals surface area contributed by atoms with E-state index >= 15 is 0 Å². The largest absolute Gasteiger partial charge is 0.496 e. The Morgan fingerprint density at radius 1 is 1.11 bits per heavy atom. The van der Waals surface area contributed by atoms with Crippen molar-refractivity contribution >= 4 is 11.7 Å². The van der Waals surface area contributed by atoms with Crippen molar-refractivity contribution in [3.63, 3.8) is 0 Å². The van der Waals surface area contributed by atoms with Gasteiger partial charge in [0.2, 0.25) is 5.91 Å². The molecule has 7 heteroatoms. The number of amides is 1. The molecule has 0 saturated carbocycles. The lowest BCUT2D eigenvalue weighted by Gasteiger charge is -2.19. The molecule has 1 amide bonds. The molecule has 2 rings (SSSR count). The number of rotatable bonds is 8. The van der Waals surface area contributed by atoms with Crippen LogP contribution in [-0.4, -0.2) is 37.4 Å². The number of Topliss-reactive ketones (excluding diaryl/α,β-unsaturated/α-hetero) is 1. The lowest BCUT2D eigenvalue weighted by atomic mass is 10.0. The van der Waals surface area contributed by atoms with Crippen LogP contribution in [0.5, 0.6) is 11.5 Å². The molecule has 0 aliphatic rings. The summed E-state index contributed by atoms with van der Waals surface area (Å²) in [6.07, 6.45) is 0.0768. The predicted octanol–water partition coefficient (Wildman–Crippen LogP) is 3.70. The van der Waals surface area contributed by atoms with Crippen molar-refractivity contribution < 1.29 is 27.8 Å². The minimum Gasteiger partial charge on any atom is -0.496 e. The number of hydrogen-bond acceptors (Lipinski definition) is 4. The third-order valence-corrected chi connectivity index (χ3v) is 4.02. The molecule has 0 N–H and O–H groups in total. The van der Waals surface area contributed by atoms with Gasteiger partial charge in [-0.25, -0.2) is 0 Å². The molecule has 2 aromatic rings. The first kappa shape index (κ1) is 20.4. The zero-order valence-corrected chi connectivity index (χ0v) is 15.4. The molecule has 0 aromatic heterocycles. The van der Waals surface area contributed by atoms with Gasteiger partial charge in [-0.3, -0.25) is 9.59 Å². The Kier molecular flexibility index (Phi) is 6.87. The van der Waals surface area contributed by atoms with Crippen LogP contribution < -0.4 is 9.47 Å². The van der Waals surface area contributed by atoms with Gasteiger partial charge in [0.1, 0.15) is 11.5 Å². The zero-order chi connectivity index (χ0) is 20.0. The van der Waals surface area contributed by atoms with Gasteiger partial charge < -0.3 is 14.4 Å². The lowest BCUT2D eigenvalue weighted by molar-refractivity contribution is -0.129. The van der Waals surface area contributed by atoms with Crippen molar-refractivity contribution in [2.24, 2.45) is 0 Å². The van der Waals surface area contributed by atoms with Crippen LogP contribution in [0.25, 0.3) is 0 Å². The average molecular weight is 377 g/mol. The number of methoxy groups -OCH3 is 1. The Morgan fingerprint density at radius 3 is 2.33 bits per heavy atom. The van der Waals surface area contributed by atoms with E-state index in [1.54, 1.807) is 37.4 Å².